The quantitative estimate of drug-likeness (QED) is 0.589. The standard InChI is InChI=1S/C8H10ClIS/c1-8(9,6-10)5-7-3-2-4-11-7/h2-4H,5-6H2,1H3. The molecule has 1 atom stereocenters. The van der Waals surface area contributed by atoms with Crippen LogP contribution in [0.4, 0.5) is 0 Å². The van der Waals surface area contributed by atoms with Crippen LogP contribution in [-0.4, -0.2) is 9.30 Å². The second kappa shape index (κ2) is 4.10. The monoisotopic (exact) mass is 300 g/mol. The van der Waals surface area contributed by atoms with Crippen molar-refractivity contribution in [3.05, 3.63) is 22.4 Å². The number of alkyl halides is 2. The van der Waals surface area contributed by atoms with E-state index in [2.05, 4.69) is 47.0 Å². The van der Waals surface area contributed by atoms with Crippen LogP contribution >= 0.6 is 45.5 Å². The molecule has 0 spiro atoms. The van der Waals surface area contributed by atoms with Gasteiger partial charge in [0.2, 0.25) is 0 Å². The minimum Gasteiger partial charge on any atom is -0.149 e. The van der Waals surface area contributed by atoms with Gasteiger partial charge >= 0.3 is 0 Å². The molecule has 0 saturated heterocycles. The minimum absolute atomic E-state index is 0.0641. The van der Waals surface area contributed by atoms with Crippen LogP contribution in [0.2, 0.25) is 0 Å². The first-order valence-corrected chi connectivity index (χ1v) is 6.20. The van der Waals surface area contributed by atoms with Crippen molar-refractivity contribution in [2.45, 2.75) is 18.2 Å². The van der Waals surface area contributed by atoms with E-state index in [1.54, 1.807) is 11.3 Å². The van der Waals surface area contributed by atoms with Gasteiger partial charge in [-0.25, -0.2) is 0 Å². The Morgan fingerprint density at radius 1 is 1.73 bits per heavy atom. The van der Waals surface area contributed by atoms with E-state index in [0.717, 1.165) is 10.8 Å². The molecule has 0 saturated carbocycles. The molecule has 1 rings (SSSR count). The molecule has 62 valence electrons. The molecule has 0 N–H and O–H groups in total. The van der Waals surface area contributed by atoms with Gasteiger partial charge in [-0.15, -0.1) is 22.9 Å². The van der Waals surface area contributed by atoms with Gasteiger partial charge in [-0.2, -0.15) is 0 Å². The molecule has 0 aromatic carbocycles. The first kappa shape index (κ1) is 9.81. The smallest absolute Gasteiger partial charge is 0.0555 e. The summed E-state index contributed by atoms with van der Waals surface area (Å²) in [6.45, 7) is 2.08. The summed E-state index contributed by atoms with van der Waals surface area (Å²) in [5.41, 5.74) is 0. The SMILES string of the molecule is CC(Cl)(CI)Cc1cccs1. The molecule has 1 aromatic rings. The van der Waals surface area contributed by atoms with Gasteiger partial charge in [0.1, 0.15) is 0 Å². The zero-order chi connectivity index (χ0) is 8.32. The van der Waals surface area contributed by atoms with Crippen molar-refractivity contribution in [3.8, 4) is 0 Å². The molecule has 0 nitrogen and oxygen atoms in total. The highest BCUT2D eigenvalue weighted by molar-refractivity contribution is 14.1. The summed E-state index contributed by atoms with van der Waals surface area (Å²) >= 11 is 10.3. The van der Waals surface area contributed by atoms with Crippen LogP contribution in [0.15, 0.2) is 17.5 Å². The molecule has 0 bridgehead atoms. The Kier molecular flexibility index (Phi) is 3.65. The maximum atomic E-state index is 6.21. The number of halogens is 2. The second-order valence-electron chi connectivity index (χ2n) is 2.80. The highest BCUT2D eigenvalue weighted by Gasteiger charge is 2.19. The fourth-order valence-electron chi connectivity index (χ4n) is 0.824. The Morgan fingerprint density at radius 3 is 2.91 bits per heavy atom. The average Bonchev–Trinajstić information content (AvgIpc) is 2.39. The largest absolute Gasteiger partial charge is 0.149 e. The lowest BCUT2D eigenvalue weighted by atomic mass is 10.1. The maximum absolute atomic E-state index is 6.21. The molecule has 0 aliphatic heterocycles. The second-order valence-corrected chi connectivity index (χ2v) is 5.51. The molecule has 0 aliphatic rings. The van der Waals surface area contributed by atoms with Crippen molar-refractivity contribution < 1.29 is 0 Å². The van der Waals surface area contributed by atoms with Gasteiger partial charge in [-0.1, -0.05) is 28.7 Å². The summed E-state index contributed by atoms with van der Waals surface area (Å²) in [5.74, 6) is 0. The van der Waals surface area contributed by atoms with E-state index in [0.29, 0.717) is 0 Å². The fourth-order valence-corrected chi connectivity index (χ4v) is 2.21. The molecule has 0 amide bonds. The first-order valence-electron chi connectivity index (χ1n) is 3.41. The Balaban J connectivity index is 2.56. The predicted molar refractivity (Wildman–Crippen MR) is 61.2 cm³/mol. The van der Waals surface area contributed by atoms with E-state index in [9.17, 15) is 0 Å². The summed E-state index contributed by atoms with van der Waals surface area (Å²) < 4.78 is 0.990. The van der Waals surface area contributed by atoms with Crippen LogP contribution in [-0.2, 0) is 6.42 Å². The molecule has 1 aromatic heterocycles. The lowest BCUT2D eigenvalue weighted by molar-refractivity contribution is 0.723. The van der Waals surface area contributed by atoms with Gasteiger partial charge in [-0.3, -0.25) is 0 Å². The number of hydrogen-bond donors (Lipinski definition) is 0. The molecule has 0 aliphatic carbocycles. The van der Waals surface area contributed by atoms with Crippen molar-refractivity contribution in [3.63, 3.8) is 0 Å². The third-order valence-electron chi connectivity index (χ3n) is 1.40. The van der Waals surface area contributed by atoms with Crippen LogP contribution in [0.3, 0.4) is 0 Å². The van der Waals surface area contributed by atoms with E-state index < -0.39 is 0 Å². The van der Waals surface area contributed by atoms with Gasteiger partial charge in [0.15, 0.2) is 0 Å². The van der Waals surface area contributed by atoms with Crippen LogP contribution in [0.1, 0.15) is 11.8 Å². The third-order valence-corrected chi connectivity index (χ3v) is 4.68. The Hall–Kier alpha value is 0.720. The van der Waals surface area contributed by atoms with E-state index >= 15 is 0 Å². The summed E-state index contributed by atoms with van der Waals surface area (Å²) in [5, 5.41) is 2.09. The third kappa shape index (κ3) is 3.30. The maximum Gasteiger partial charge on any atom is 0.0555 e. The molecule has 1 heterocycles. The molecule has 1 unspecified atom stereocenters. The van der Waals surface area contributed by atoms with Crippen LogP contribution in [0.25, 0.3) is 0 Å². The van der Waals surface area contributed by atoms with Gasteiger partial charge in [0.25, 0.3) is 0 Å². The molecule has 11 heavy (non-hydrogen) atoms. The molecule has 0 radical (unpaired) electrons. The zero-order valence-corrected chi connectivity index (χ0v) is 10.0. The molecule has 0 fully saturated rings. The highest BCUT2D eigenvalue weighted by Crippen LogP contribution is 2.25. The highest BCUT2D eigenvalue weighted by atomic mass is 127. The van der Waals surface area contributed by atoms with Crippen molar-refractivity contribution in [1.82, 2.24) is 0 Å². The van der Waals surface area contributed by atoms with Gasteiger partial charge in [0, 0.05) is 15.7 Å². The summed E-state index contributed by atoms with van der Waals surface area (Å²) in [4.78, 5) is 1.31. The predicted octanol–water partition coefficient (Wildman–Crippen LogP) is 3.72. The first-order chi connectivity index (χ1) is 5.14. The van der Waals surface area contributed by atoms with E-state index in [1.807, 2.05) is 0 Å². The number of thiophene rings is 1. The zero-order valence-electron chi connectivity index (χ0n) is 6.31. The lowest BCUT2D eigenvalue weighted by Gasteiger charge is -2.17. The summed E-state index contributed by atoms with van der Waals surface area (Å²) in [6.07, 6.45) is 0.981. The van der Waals surface area contributed by atoms with Gasteiger partial charge in [-0.05, 0) is 18.4 Å². The molecular formula is C8H10ClIS. The lowest BCUT2D eigenvalue weighted by Crippen LogP contribution is -2.20. The molecule has 3 heteroatoms. The van der Waals surface area contributed by atoms with Crippen LogP contribution in [0, 0.1) is 0 Å². The average molecular weight is 301 g/mol. The van der Waals surface area contributed by atoms with Crippen molar-refractivity contribution >= 4 is 45.5 Å². The molecular weight excluding hydrogens is 291 g/mol. The topological polar surface area (TPSA) is 0 Å². The van der Waals surface area contributed by atoms with E-state index in [1.165, 1.54) is 4.88 Å². The Labute approximate surface area is 90.1 Å². The van der Waals surface area contributed by atoms with E-state index in [-0.39, 0.29) is 4.87 Å². The fraction of sp³-hybridized carbons (Fsp3) is 0.500. The number of hydrogen-bond acceptors (Lipinski definition) is 1. The minimum atomic E-state index is -0.0641. The Morgan fingerprint density at radius 2 is 2.45 bits per heavy atom. The summed E-state index contributed by atoms with van der Waals surface area (Å²) in [6, 6.07) is 4.21. The van der Waals surface area contributed by atoms with Crippen molar-refractivity contribution in [2.75, 3.05) is 4.43 Å². The van der Waals surface area contributed by atoms with Crippen LogP contribution in [0.5, 0.6) is 0 Å². The van der Waals surface area contributed by atoms with Gasteiger partial charge in [0.05, 0.1) is 4.87 Å². The van der Waals surface area contributed by atoms with Crippen LogP contribution < -0.4 is 0 Å². The summed E-state index contributed by atoms with van der Waals surface area (Å²) in [7, 11) is 0. The van der Waals surface area contributed by atoms with Crippen molar-refractivity contribution in [1.29, 1.82) is 0 Å². The van der Waals surface area contributed by atoms with Gasteiger partial charge < -0.3 is 0 Å². The normalized spacial score (nSPS) is 16.3. The number of rotatable bonds is 3. The van der Waals surface area contributed by atoms with E-state index in [4.69, 9.17) is 11.6 Å². The Bertz CT molecular complexity index is 206. The van der Waals surface area contributed by atoms with Crippen molar-refractivity contribution in [2.24, 2.45) is 0 Å².